The van der Waals surface area contributed by atoms with E-state index in [0.29, 0.717) is 18.0 Å². The van der Waals surface area contributed by atoms with Crippen molar-refractivity contribution in [2.45, 2.75) is 32.2 Å². The number of hydrogen-bond donors (Lipinski definition) is 2. The molecule has 1 aromatic heterocycles. The minimum absolute atomic E-state index is 0.00646. The van der Waals surface area contributed by atoms with Gasteiger partial charge in [-0.2, -0.15) is 0 Å². The molecule has 0 radical (unpaired) electrons. The predicted octanol–water partition coefficient (Wildman–Crippen LogP) is 1.58. The first-order valence-electron chi connectivity index (χ1n) is 7.27. The highest BCUT2D eigenvalue weighted by molar-refractivity contribution is 5.94. The maximum atomic E-state index is 11.9. The van der Waals surface area contributed by atoms with E-state index in [0.717, 1.165) is 19.3 Å². The van der Waals surface area contributed by atoms with Crippen molar-refractivity contribution >= 4 is 17.7 Å². The molecule has 2 rings (SSSR count). The van der Waals surface area contributed by atoms with Crippen LogP contribution in [-0.4, -0.2) is 36.6 Å². The van der Waals surface area contributed by atoms with Crippen molar-refractivity contribution in [2.24, 2.45) is 5.92 Å². The topological polar surface area (TPSA) is 80.3 Å². The van der Waals surface area contributed by atoms with Gasteiger partial charge in [0.15, 0.2) is 0 Å². The first-order valence-corrected chi connectivity index (χ1v) is 7.27. The molecule has 2 atom stereocenters. The van der Waals surface area contributed by atoms with Crippen LogP contribution in [0.25, 0.3) is 0 Å². The normalized spacial score (nSPS) is 20.9. The van der Waals surface area contributed by atoms with Gasteiger partial charge in [0.05, 0.1) is 12.5 Å². The highest BCUT2D eigenvalue weighted by atomic mass is 16.5. The van der Waals surface area contributed by atoms with Gasteiger partial charge in [0.25, 0.3) is 0 Å². The van der Waals surface area contributed by atoms with Gasteiger partial charge in [-0.3, -0.25) is 4.79 Å². The molecular formula is C15H21N3O3. The number of nitrogens with zero attached hydrogens (tertiary/aromatic N) is 1. The third-order valence-electron chi connectivity index (χ3n) is 3.72. The molecule has 1 fully saturated rings. The first-order chi connectivity index (χ1) is 10.2. The van der Waals surface area contributed by atoms with Crippen molar-refractivity contribution in [2.75, 3.05) is 19.0 Å². The Morgan fingerprint density at radius 3 is 2.95 bits per heavy atom. The Morgan fingerprint density at radius 1 is 1.43 bits per heavy atom. The van der Waals surface area contributed by atoms with Gasteiger partial charge < -0.3 is 15.4 Å². The molecule has 1 aliphatic carbocycles. The number of rotatable bonds is 5. The summed E-state index contributed by atoms with van der Waals surface area (Å²) in [7, 11) is 1.64. The van der Waals surface area contributed by atoms with Gasteiger partial charge >= 0.3 is 5.97 Å². The van der Waals surface area contributed by atoms with E-state index >= 15 is 0 Å². The lowest BCUT2D eigenvalue weighted by atomic mass is 10.0. The average Bonchev–Trinajstić information content (AvgIpc) is 2.95. The quantitative estimate of drug-likeness (QED) is 0.805. The summed E-state index contributed by atoms with van der Waals surface area (Å²) in [4.78, 5) is 28.0. The number of amides is 1. The number of anilines is 1. The second kappa shape index (κ2) is 7.06. The van der Waals surface area contributed by atoms with E-state index in [1.807, 2.05) is 0 Å². The summed E-state index contributed by atoms with van der Waals surface area (Å²) in [6.07, 6.45) is 4.34. The zero-order valence-electron chi connectivity index (χ0n) is 12.4. The molecule has 114 valence electrons. The molecule has 0 aliphatic heterocycles. The molecule has 0 saturated heterocycles. The van der Waals surface area contributed by atoms with Crippen LogP contribution in [0.15, 0.2) is 18.3 Å². The van der Waals surface area contributed by atoms with E-state index in [-0.39, 0.29) is 17.9 Å². The number of hydrogen-bond acceptors (Lipinski definition) is 5. The fraction of sp³-hybridized carbons (Fsp3) is 0.533. The van der Waals surface area contributed by atoms with Crippen LogP contribution >= 0.6 is 0 Å². The molecule has 6 heteroatoms. The third kappa shape index (κ3) is 3.51. The van der Waals surface area contributed by atoms with Gasteiger partial charge in [-0.15, -0.1) is 0 Å². The van der Waals surface area contributed by atoms with Gasteiger partial charge in [-0.25, -0.2) is 9.78 Å². The van der Waals surface area contributed by atoms with Gasteiger partial charge in [-0.05, 0) is 31.9 Å². The highest BCUT2D eigenvalue weighted by Gasteiger charge is 2.33. The van der Waals surface area contributed by atoms with Crippen LogP contribution < -0.4 is 10.6 Å². The largest absolute Gasteiger partial charge is 0.462 e. The molecule has 0 spiro atoms. The Labute approximate surface area is 124 Å². The average molecular weight is 291 g/mol. The van der Waals surface area contributed by atoms with E-state index in [1.54, 1.807) is 32.3 Å². The molecule has 6 nitrogen and oxygen atoms in total. The number of nitrogens with one attached hydrogen (secondary N) is 2. The summed E-state index contributed by atoms with van der Waals surface area (Å²) in [5, 5.41) is 5.93. The third-order valence-corrected chi connectivity index (χ3v) is 3.72. The Morgan fingerprint density at radius 2 is 2.24 bits per heavy atom. The van der Waals surface area contributed by atoms with Crippen LogP contribution in [-0.2, 0) is 9.53 Å². The van der Waals surface area contributed by atoms with E-state index < -0.39 is 5.97 Å². The van der Waals surface area contributed by atoms with Crippen LogP contribution in [0.4, 0.5) is 5.82 Å². The number of esters is 1. The van der Waals surface area contributed by atoms with Gasteiger partial charge in [-0.1, -0.05) is 6.42 Å². The molecule has 1 saturated carbocycles. The minimum atomic E-state index is -0.400. The molecule has 1 heterocycles. The van der Waals surface area contributed by atoms with Crippen LogP contribution in [0, 0.1) is 5.92 Å². The molecular weight excluding hydrogens is 270 g/mol. The van der Waals surface area contributed by atoms with Crippen LogP contribution in [0.3, 0.4) is 0 Å². The molecule has 1 aliphatic rings. The molecule has 1 amide bonds. The van der Waals surface area contributed by atoms with Gasteiger partial charge in [0, 0.05) is 19.3 Å². The van der Waals surface area contributed by atoms with Crippen molar-refractivity contribution in [3.05, 3.63) is 23.9 Å². The molecule has 21 heavy (non-hydrogen) atoms. The number of ether oxygens (including phenoxy) is 1. The first kappa shape index (κ1) is 15.3. The zero-order chi connectivity index (χ0) is 15.2. The molecule has 0 unspecified atom stereocenters. The Balaban J connectivity index is 2.15. The van der Waals surface area contributed by atoms with Gasteiger partial charge in [0.2, 0.25) is 5.91 Å². The summed E-state index contributed by atoms with van der Waals surface area (Å²) in [5.41, 5.74) is 0.405. The maximum absolute atomic E-state index is 11.9. The van der Waals surface area contributed by atoms with E-state index in [1.165, 1.54) is 0 Å². The molecule has 1 aromatic rings. The number of carbonyl (C=O) groups excluding carboxylic acids is 2. The fourth-order valence-corrected chi connectivity index (χ4v) is 2.70. The lowest BCUT2D eigenvalue weighted by Crippen LogP contribution is -2.36. The zero-order valence-corrected chi connectivity index (χ0v) is 12.4. The van der Waals surface area contributed by atoms with Crippen molar-refractivity contribution < 1.29 is 14.3 Å². The van der Waals surface area contributed by atoms with Crippen molar-refractivity contribution in [3.8, 4) is 0 Å². The number of aromatic nitrogens is 1. The minimum Gasteiger partial charge on any atom is -0.462 e. The van der Waals surface area contributed by atoms with Crippen LogP contribution in [0.5, 0.6) is 0 Å². The SMILES string of the molecule is CCOC(=O)c1cccnc1N[C@H]1CCC[C@@H]1C(=O)NC. The Bertz CT molecular complexity index is 519. The smallest absolute Gasteiger partial charge is 0.341 e. The molecule has 0 bridgehead atoms. The standard InChI is InChI=1S/C15H21N3O3/c1-3-21-15(20)11-7-5-9-17-13(11)18-12-8-4-6-10(12)14(19)16-2/h5,7,9-10,12H,3-4,6,8H2,1-2H3,(H,16,19)(H,17,18)/t10-,12-/m0/s1. The summed E-state index contributed by atoms with van der Waals surface area (Å²) >= 11 is 0. The molecule has 0 aromatic carbocycles. The lowest BCUT2D eigenvalue weighted by molar-refractivity contribution is -0.124. The summed E-state index contributed by atoms with van der Waals surface area (Å²) in [5.74, 6) is 0.0185. The second-order valence-corrected chi connectivity index (χ2v) is 5.02. The number of carbonyl (C=O) groups is 2. The predicted molar refractivity (Wildman–Crippen MR) is 79.0 cm³/mol. The van der Waals surface area contributed by atoms with E-state index in [9.17, 15) is 9.59 Å². The van der Waals surface area contributed by atoms with Crippen molar-refractivity contribution in [3.63, 3.8) is 0 Å². The van der Waals surface area contributed by atoms with Crippen LogP contribution in [0.2, 0.25) is 0 Å². The maximum Gasteiger partial charge on any atom is 0.341 e. The van der Waals surface area contributed by atoms with Gasteiger partial charge in [0.1, 0.15) is 11.4 Å². The monoisotopic (exact) mass is 291 g/mol. The Hall–Kier alpha value is -2.11. The van der Waals surface area contributed by atoms with E-state index in [2.05, 4.69) is 15.6 Å². The molecule has 2 N–H and O–H groups in total. The van der Waals surface area contributed by atoms with Crippen molar-refractivity contribution in [1.29, 1.82) is 0 Å². The Kier molecular flexibility index (Phi) is 5.14. The summed E-state index contributed by atoms with van der Waals surface area (Å²) in [6, 6.07) is 3.37. The highest BCUT2D eigenvalue weighted by Crippen LogP contribution is 2.29. The second-order valence-electron chi connectivity index (χ2n) is 5.02. The van der Waals surface area contributed by atoms with Crippen LogP contribution in [0.1, 0.15) is 36.5 Å². The fourth-order valence-electron chi connectivity index (χ4n) is 2.70. The van der Waals surface area contributed by atoms with Crippen molar-refractivity contribution in [1.82, 2.24) is 10.3 Å². The lowest BCUT2D eigenvalue weighted by Gasteiger charge is -2.21. The summed E-state index contributed by atoms with van der Waals surface area (Å²) in [6.45, 7) is 2.08. The number of pyridine rings is 1. The van der Waals surface area contributed by atoms with E-state index in [4.69, 9.17) is 4.74 Å². The summed E-state index contributed by atoms with van der Waals surface area (Å²) < 4.78 is 5.03.